The standard InChI is InChI=1S/C29H31BrN2O4/c1-4-35-28(34)23-18-31(14-11-25(23)33)32-24(10-13-29(32,2)3)22-17-20(16-19-8-6-5-7-9-19)27-21(26(22)30)12-15-36-27/h5-9,11,14,17-18,24H,4,10,12-13,15-16H2,1-3H3. The maximum absolute atomic E-state index is 12.5. The van der Waals surface area contributed by atoms with Crippen molar-refractivity contribution in [2.75, 3.05) is 18.2 Å². The molecule has 0 aliphatic carbocycles. The number of halogens is 1. The first-order chi connectivity index (χ1) is 17.3. The highest BCUT2D eigenvalue weighted by Gasteiger charge is 2.42. The predicted octanol–water partition coefficient (Wildman–Crippen LogP) is 5.56. The Bertz CT molecular complexity index is 1350. The van der Waals surface area contributed by atoms with Gasteiger partial charge < -0.3 is 14.5 Å². The molecule has 2 aliphatic heterocycles. The molecule has 1 fully saturated rings. The zero-order valence-electron chi connectivity index (χ0n) is 20.9. The number of hydrogen-bond donors (Lipinski definition) is 0. The van der Waals surface area contributed by atoms with E-state index in [1.807, 2.05) is 10.7 Å². The highest BCUT2D eigenvalue weighted by Crippen LogP contribution is 2.47. The van der Waals surface area contributed by atoms with Gasteiger partial charge in [-0.3, -0.25) is 9.47 Å². The van der Waals surface area contributed by atoms with Crippen LogP contribution in [0.5, 0.6) is 5.75 Å². The zero-order valence-corrected chi connectivity index (χ0v) is 22.5. The number of pyridine rings is 1. The second-order valence-corrected chi connectivity index (χ2v) is 10.8. The lowest BCUT2D eigenvalue weighted by molar-refractivity contribution is 0.0523. The van der Waals surface area contributed by atoms with E-state index in [1.165, 1.54) is 28.3 Å². The fourth-order valence-electron chi connectivity index (χ4n) is 5.51. The number of benzene rings is 2. The Balaban J connectivity index is 1.60. The van der Waals surface area contributed by atoms with Crippen molar-refractivity contribution in [3.8, 4) is 5.75 Å². The second-order valence-electron chi connectivity index (χ2n) is 10.0. The summed E-state index contributed by atoms with van der Waals surface area (Å²) in [4.78, 5) is 24.9. The number of ether oxygens (including phenoxy) is 2. The molecule has 0 bridgehead atoms. The number of hydrogen-bond acceptors (Lipinski definition) is 5. The van der Waals surface area contributed by atoms with Crippen LogP contribution in [-0.4, -0.2) is 29.4 Å². The third-order valence-corrected chi connectivity index (χ3v) is 8.14. The van der Waals surface area contributed by atoms with Crippen LogP contribution < -0.4 is 15.2 Å². The van der Waals surface area contributed by atoms with Crippen LogP contribution >= 0.6 is 15.9 Å². The average molecular weight is 551 g/mol. The van der Waals surface area contributed by atoms with Crippen LogP contribution in [0.25, 0.3) is 0 Å². The van der Waals surface area contributed by atoms with Gasteiger partial charge in [0, 0.05) is 41.3 Å². The van der Waals surface area contributed by atoms with Crippen molar-refractivity contribution in [2.45, 2.75) is 58.0 Å². The average Bonchev–Trinajstić information content (AvgIpc) is 3.47. The Labute approximate surface area is 219 Å². The van der Waals surface area contributed by atoms with E-state index < -0.39 is 5.97 Å². The molecule has 6 nitrogen and oxygen atoms in total. The third-order valence-electron chi connectivity index (χ3n) is 7.20. The van der Waals surface area contributed by atoms with Gasteiger partial charge in [-0.2, -0.15) is 0 Å². The van der Waals surface area contributed by atoms with Crippen molar-refractivity contribution in [3.05, 3.63) is 97.4 Å². The Morgan fingerprint density at radius 2 is 2.00 bits per heavy atom. The van der Waals surface area contributed by atoms with Crippen LogP contribution in [0, 0.1) is 0 Å². The van der Waals surface area contributed by atoms with Crippen molar-refractivity contribution < 1.29 is 14.3 Å². The monoisotopic (exact) mass is 550 g/mol. The van der Waals surface area contributed by atoms with E-state index in [1.54, 1.807) is 19.3 Å². The smallest absolute Gasteiger partial charge is 0.343 e. The first-order valence-electron chi connectivity index (χ1n) is 12.5. The molecule has 0 radical (unpaired) electrons. The summed E-state index contributed by atoms with van der Waals surface area (Å²) in [6.07, 6.45) is 6.94. The summed E-state index contributed by atoms with van der Waals surface area (Å²) >= 11 is 3.93. The molecule has 3 heterocycles. The Morgan fingerprint density at radius 1 is 1.22 bits per heavy atom. The first-order valence-corrected chi connectivity index (χ1v) is 13.3. The summed E-state index contributed by atoms with van der Waals surface area (Å²) in [6, 6.07) is 14.2. The molecule has 1 saturated heterocycles. The van der Waals surface area contributed by atoms with Gasteiger partial charge in [0.05, 0.1) is 24.8 Å². The molecule has 3 aromatic rings. The van der Waals surface area contributed by atoms with Gasteiger partial charge in [0.1, 0.15) is 11.3 Å². The number of rotatable bonds is 6. The lowest BCUT2D eigenvalue weighted by atomic mass is 9.94. The SMILES string of the molecule is CCOC(=O)c1cn(N2C(c3cc(Cc4ccccc4)c4c(c3Br)CCO4)CCC2(C)C)ccc1=O. The molecule has 2 aromatic carbocycles. The molecule has 188 valence electrons. The molecule has 0 amide bonds. The lowest BCUT2D eigenvalue weighted by Crippen LogP contribution is -2.48. The van der Waals surface area contributed by atoms with Gasteiger partial charge >= 0.3 is 5.97 Å². The van der Waals surface area contributed by atoms with Crippen LogP contribution in [0.3, 0.4) is 0 Å². The van der Waals surface area contributed by atoms with Crippen LogP contribution in [0.4, 0.5) is 0 Å². The largest absolute Gasteiger partial charge is 0.493 e. The maximum atomic E-state index is 12.5. The first kappa shape index (κ1) is 24.6. The minimum atomic E-state index is -0.591. The van der Waals surface area contributed by atoms with E-state index >= 15 is 0 Å². The van der Waals surface area contributed by atoms with E-state index in [4.69, 9.17) is 9.47 Å². The summed E-state index contributed by atoms with van der Waals surface area (Å²) in [7, 11) is 0. The molecule has 1 unspecified atom stereocenters. The summed E-state index contributed by atoms with van der Waals surface area (Å²) in [6.45, 7) is 7.04. The molecule has 7 heteroatoms. The topological polar surface area (TPSA) is 60.8 Å². The fourth-order valence-corrected chi connectivity index (χ4v) is 6.27. The number of nitrogens with zero attached hydrogens (tertiary/aromatic N) is 2. The molecule has 2 aliphatic rings. The van der Waals surface area contributed by atoms with E-state index in [-0.39, 0.29) is 29.2 Å². The van der Waals surface area contributed by atoms with Gasteiger partial charge in [0.25, 0.3) is 0 Å². The summed E-state index contributed by atoms with van der Waals surface area (Å²) in [5.41, 5.74) is 4.36. The fraction of sp³-hybridized carbons (Fsp3) is 0.379. The number of carbonyl (C=O) groups excluding carboxylic acids is 1. The van der Waals surface area contributed by atoms with Crippen LogP contribution in [0.15, 0.2) is 64.1 Å². The molecule has 1 aromatic heterocycles. The van der Waals surface area contributed by atoms with E-state index in [9.17, 15) is 9.59 Å². The maximum Gasteiger partial charge on any atom is 0.343 e. The normalized spacial score (nSPS) is 18.1. The number of esters is 1. The minimum absolute atomic E-state index is 0.0481. The quantitative estimate of drug-likeness (QED) is 0.376. The van der Waals surface area contributed by atoms with Gasteiger partial charge in [-0.05, 0) is 56.4 Å². The molecule has 36 heavy (non-hydrogen) atoms. The van der Waals surface area contributed by atoms with Crippen LogP contribution in [0.2, 0.25) is 0 Å². The van der Waals surface area contributed by atoms with Gasteiger partial charge in [0.15, 0.2) is 5.43 Å². The molecular weight excluding hydrogens is 520 g/mol. The molecule has 0 saturated carbocycles. The van der Waals surface area contributed by atoms with Crippen LogP contribution in [0.1, 0.15) is 72.3 Å². The van der Waals surface area contributed by atoms with Gasteiger partial charge in [-0.15, -0.1) is 0 Å². The second kappa shape index (κ2) is 9.77. The highest BCUT2D eigenvalue weighted by molar-refractivity contribution is 9.10. The van der Waals surface area contributed by atoms with Crippen molar-refractivity contribution in [1.29, 1.82) is 0 Å². The van der Waals surface area contributed by atoms with Gasteiger partial charge in [-0.25, -0.2) is 4.79 Å². The molecule has 0 N–H and O–H groups in total. The van der Waals surface area contributed by atoms with E-state index in [0.717, 1.165) is 35.9 Å². The van der Waals surface area contributed by atoms with Crippen LogP contribution in [-0.2, 0) is 17.6 Å². The summed E-state index contributed by atoms with van der Waals surface area (Å²) in [5.74, 6) is 0.401. The van der Waals surface area contributed by atoms with Gasteiger partial charge in [0.2, 0.25) is 0 Å². The molecule has 1 atom stereocenters. The number of fused-ring (bicyclic) bond motifs is 1. The Kier molecular flexibility index (Phi) is 6.68. The van der Waals surface area contributed by atoms with Gasteiger partial charge in [-0.1, -0.05) is 46.3 Å². The van der Waals surface area contributed by atoms with E-state index in [2.05, 4.69) is 65.1 Å². The number of carbonyl (C=O) groups is 1. The van der Waals surface area contributed by atoms with Crippen molar-refractivity contribution in [2.24, 2.45) is 0 Å². The predicted molar refractivity (Wildman–Crippen MR) is 144 cm³/mol. The Morgan fingerprint density at radius 3 is 2.75 bits per heavy atom. The Hall–Kier alpha value is -3.06. The van der Waals surface area contributed by atoms with Crippen molar-refractivity contribution >= 4 is 21.9 Å². The number of aromatic nitrogens is 1. The lowest BCUT2D eigenvalue weighted by Gasteiger charge is -2.40. The third kappa shape index (κ3) is 4.45. The molecule has 0 spiro atoms. The zero-order chi connectivity index (χ0) is 25.4. The minimum Gasteiger partial charge on any atom is -0.493 e. The van der Waals surface area contributed by atoms with E-state index in [0.29, 0.717) is 6.61 Å². The summed E-state index contributed by atoms with van der Waals surface area (Å²) in [5, 5.41) is 2.28. The summed E-state index contributed by atoms with van der Waals surface area (Å²) < 4.78 is 14.2. The highest BCUT2D eigenvalue weighted by atomic mass is 79.9. The van der Waals surface area contributed by atoms with Crippen molar-refractivity contribution in [1.82, 2.24) is 4.68 Å². The van der Waals surface area contributed by atoms with Crippen molar-refractivity contribution in [3.63, 3.8) is 0 Å². The molecule has 5 rings (SSSR count). The molecular formula is C29H31BrN2O4.